The van der Waals surface area contributed by atoms with Crippen LogP contribution in [-0.2, 0) is 14.3 Å². The molecule has 1 aromatic carbocycles. The highest BCUT2D eigenvalue weighted by molar-refractivity contribution is 8.26. The quantitative estimate of drug-likeness (QED) is 0.426. The number of carbonyl (C=O) groups is 3. The van der Waals surface area contributed by atoms with E-state index in [0.29, 0.717) is 27.1 Å². The third-order valence-corrected chi connectivity index (χ3v) is 5.87. The van der Waals surface area contributed by atoms with Gasteiger partial charge in [-0.1, -0.05) is 30.0 Å². The third-order valence-electron chi connectivity index (χ3n) is 3.67. The van der Waals surface area contributed by atoms with Gasteiger partial charge in [0.25, 0.3) is 5.91 Å². The lowest BCUT2D eigenvalue weighted by molar-refractivity contribution is -0.126. The number of thioether (sulfide) groups is 1. The number of amides is 2. The summed E-state index contributed by atoms with van der Waals surface area (Å²) in [6.45, 7) is 1.85. The summed E-state index contributed by atoms with van der Waals surface area (Å²) < 4.78 is 5.26. The summed E-state index contributed by atoms with van der Waals surface area (Å²) in [6, 6.07) is 10.1. The molecular weight excluding hydrogens is 416 g/mol. The molecule has 0 unspecified atom stereocenters. The van der Waals surface area contributed by atoms with Crippen molar-refractivity contribution >= 4 is 69.2 Å². The molecule has 0 radical (unpaired) electrons. The minimum Gasteiger partial charge on any atom is -0.462 e. The molecule has 1 aliphatic heterocycles. The van der Waals surface area contributed by atoms with Gasteiger partial charge in [0.2, 0.25) is 5.91 Å². The van der Waals surface area contributed by atoms with Crippen molar-refractivity contribution < 1.29 is 19.1 Å². The molecule has 9 heteroatoms. The molecule has 28 heavy (non-hydrogen) atoms. The molecule has 0 spiro atoms. The topological polar surface area (TPSA) is 75.7 Å². The Bertz CT molecular complexity index is 937. The van der Waals surface area contributed by atoms with Crippen LogP contribution in [0.15, 0.2) is 46.7 Å². The number of ether oxygens (including phenoxy) is 1. The van der Waals surface area contributed by atoms with Gasteiger partial charge in [-0.2, -0.15) is 0 Å². The molecule has 1 aliphatic rings. The molecule has 1 fully saturated rings. The Morgan fingerprint density at radius 2 is 2.00 bits per heavy atom. The number of esters is 1. The van der Waals surface area contributed by atoms with E-state index in [1.165, 1.54) is 28.0 Å². The number of hydrogen-bond acceptors (Lipinski definition) is 7. The van der Waals surface area contributed by atoms with E-state index in [9.17, 15) is 14.4 Å². The first-order valence-electron chi connectivity index (χ1n) is 8.34. The maximum absolute atomic E-state index is 12.5. The van der Waals surface area contributed by atoms with Crippen LogP contribution in [0.1, 0.15) is 22.2 Å². The third kappa shape index (κ3) is 4.86. The Balaban J connectivity index is 1.61. The number of hydrogen-bond donors (Lipinski definition) is 1. The lowest BCUT2D eigenvalue weighted by Gasteiger charge is -2.14. The van der Waals surface area contributed by atoms with Crippen LogP contribution in [0.4, 0.5) is 5.69 Å². The highest BCUT2D eigenvalue weighted by Gasteiger charge is 2.33. The van der Waals surface area contributed by atoms with E-state index < -0.39 is 5.97 Å². The highest BCUT2D eigenvalue weighted by Crippen LogP contribution is 2.33. The largest absolute Gasteiger partial charge is 0.462 e. The predicted octanol–water partition coefficient (Wildman–Crippen LogP) is 3.76. The lowest BCUT2D eigenvalue weighted by atomic mass is 10.2. The molecule has 2 amide bonds. The standard InChI is InChI=1S/C19H16N2O4S3/c1-2-25-18(24)12-5-7-13(8-6-12)20-16(22)11-21-17(23)15(28-19(21)26)10-14-4-3-9-27-14/h3-10H,2,11H2,1H3,(H,20,22)/b15-10+. The van der Waals surface area contributed by atoms with E-state index >= 15 is 0 Å². The minimum atomic E-state index is -0.421. The van der Waals surface area contributed by atoms with Crippen LogP contribution in [0.25, 0.3) is 6.08 Å². The Labute approximate surface area is 175 Å². The molecule has 1 saturated heterocycles. The first-order valence-corrected chi connectivity index (χ1v) is 10.4. The molecule has 144 valence electrons. The second kappa shape index (κ2) is 9.13. The summed E-state index contributed by atoms with van der Waals surface area (Å²) in [5.41, 5.74) is 0.910. The number of rotatable bonds is 6. The summed E-state index contributed by atoms with van der Waals surface area (Å²) in [5, 5.41) is 4.62. The maximum Gasteiger partial charge on any atom is 0.338 e. The van der Waals surface area contributed by atoms with Crippen molar-refractivity contribution in [3.63, 3.8) is 0 Å². The van der Waals surface area contributed by atoms with Crippen molar-refractivity contribution in [2.24, 2.45) is 0 Å². The zero-order valence-electron chi connectivity index (χ0n) is 14.8. The summed E-state index contributed by atoms with van der Waals surface area (Å²) in [7, 11) is 0. The van der Waals surface area contributed by atoms with E-state index in [0.717, 1.165) is 4.88 Å². The Morgan fingerprint density at radius 3 is 2.64 bits per heavy atom. The molecule has 2 heterocycles. The van der Waals surface area contributed by atoms with Gasteiger partial charge in [0.15, 0.2) is 0 Å². The van der Waals surface area contributed by atoms with Gasteiger partial charge in [-0.25, -0.2) is 4.79 Å². The molecule has 1 N–H and O–H groups in total. The Kier molecular flexibility index (Phi) is 6.61. The lowest BCUT2D eigenvalue weighted by Crippen LogP contribution is -2.36. The van der Waals surface area contributed by atoms with E-state index in [2.05, 4.69) is 5.32 Å². The first-order chi connectivity index (χ1) is 13.5. The van der Waals surface area contributed by atoms with Crippen LogP contribution in [-0.4, -0.2) is 40.2 Å². The Hall–Kier alpha value is -2.49. The fourth-order valence-corrected chi connectivity index (χ4v) is 4.36. The van der Waals surface area contributed by atoms with Crippen LogP contribution in [0.3, 0.4) is 0 Å². The highest BCUT2D eigenvalue weighted by atomic mass is 32.2. The van der Waals surface area contributed by atoms with Crippen molar-refractivity contribution in [2.75, 3.05) is 18.5 Å². The summed E-state index contributed by atoms with van der Waals surface area (Å²) in [5.74, 6) is -1.08. The molecule has 0 aliphatic carbocycles. The molecular formula is C19H16N2O4S3. The van der Waals surface area contributed by atoms with E-state index in [4.69, 9.17) is 17.0 Å². The van der Waals surface area contributed by atoms with Crippen LogP contribution in [0, 0.1) is 0 Å². The Morgan fingerprint density at radius 1 is 1.25 bits per heavy atom. The maximum atomic E-state index is 12.5. The van der Waals surface area contributed by atoms with Gasteiger partial charge in [0.05, 0.1) is 17.1 Å². The van der Waals surface area contributed by atoms with E-state index in [-0.39, 0.29) is 18.4 Å². The minimum absolute atomic E-state index is 0.175. The number of carbonyl (C=O) groups excluding carboxylic acids is 3. The van der Waals surface area contributed by atoms with Gasteiger partial charge in [-0.3, -0.25) is 14.5 Å². The number of thiocarbonyl (C=S) groups is 1. The molecule has 1 aromatic heterocycles. The second-order valence-corrected chi connectivity index (χ2v) is 8.28. The van der Waals surface area contributed by atoms with Crippen molar-refractivity contribution in [1.82, 2.24) is 4.90 Å². The zero-order valence-corrected chi connectivity index (χ0v) is 17.3. The van der Waals surface area contributed by atoms with E-state index in [1.54, 1.807) is 37.3 Å². The zero-order chi connectivity index (χ0) is 20.1. The fraction of sp³-hybridized carbons (Fsp3) is 0.158. The first kappa shape index (κ1) is 20.2. The smallest absolute Gasteiger partial charge is 0.338 e. The molecule has 3 rings (SSSR count). The van der Waals surface area contributed by atoms with Gasteiger partial charge in [0, 0.05) is 10.6 Å². The molecule has 6 nitrogen and oxygen atoms in total. The van der Waals surface area contributed by atoms with Gasteiger partial charge < -0.3 is 10.1 Å². The van der Waals surface area contributed by atoms with Crippen molar-refractivity contribution in [2.45, 2.75) is 6.92 Å². The summed E-state index contributed by atoms with van der Waals surface area (Å²) in [4.78, 5) is 39.2. The SMILES string of the molecule is CCOC(=O)c1ccc(NC(=O)CN2C(=O)/C(=C\c3cccs3)SC2=S)cc1. The van der Waals surface area contributed by atoms with Gasteiger partial charge in [0.1, 0.15) is 10.9 Å². The van der Waals surface area contributed by atoms with Crippen LogP contribution in [0.2, 0.25) is 0 Å². The number of nitrogens with one attached hydrogen (secondary N) is 1. The van der Waals surface area contributed by atoms with Crippen LogP contribution in [0.5, 0.6) is 0 Å². The van der Waals surface area contributed by atoms with E-state index in [1.807, 2.05) is 17.5 Å². The average Bonchev–Trinajstić information content (AvgIpc) is 3.27. The van der Waals surface area contributed by atoms with Gasteiger partial charge in [-0.15, -0.1) is 11.3 Å². The fourth-order valence-electron chi connectivity index (χ4n) is 2.39. The van der Waals surface area contributed by atoms with Gasteiger partial charge >= 0.3 is 5.97 Å². The number of anilines is 1. The molecule has 0 atom stereocenters. The van der Waals surface area contributed by atoms with Gasteiger partial charge in [-0.05, 0) is 48.7 Å². The summed E-state index contributed by atoms with van der Waals surface area (Å²) >= 11 is 7.95. The number of benzene rings is 1. The molecule has 2 aromatic rings. The monoisotopic (exact) mass is 432 g/mol. The normalized spacial score (nSPS) is 15.2. The van der Waals surface area contributed by atoms with Crippen LogP contribution >= 0.6 is 35.3 Å². The predicted molar refractivity (Wildman–Crippen MR) is 115 cm³/mol. The number of thiophene rings is 1. The van der Waals surface area contributed by atoms with Crippen molar-refractivity contribution in [3.05, 3.63) is 57.1 Å². The second-order valence-electron chi connectivity index (χ2n) is 5.63. The van der Waals surface area contributed by atoms with Crippen molar-refractivity contribution in [1.29, 1.82) is 0 Å². The summed E-state index contributed by atoms with van der Waals surface area (Å²) in [6.07, 6.45) is 1.77. The average molecular weight is 433 g/mol. The van der Waals surface area contributed by atoms with Crippen LogP contribution < -0.4 is 5.32 Å². The molecule has 0 bridgehead atoms. The van der Waals surface area contributed by atoms with Crippen molar-refractivity contribution in [3.8, 4) is 0 Å². The number of nitrogens with zero attached hydrogens (tertiary/aromatic N) is 1. The molecule has 0 saturated carbocycles.